The maximum atomic E-state index is 12.8. The van der Waals surface area contributed by atoms with Crippen molar-refractivity contribution in [3.05, 3.63) is 51.7 Å². The Morgan fingerprint density at radius 2 is 2.11 bits per heavy atom. The minimum Gasteiger partial charge on any atom is -0.485 e. The van der Waals surface area contributed by atoms with Gasteiger partial charge in [-0.1, -0.05) is 50.7 Å². The molecule has 0 bridgehead atoms. The molecule has 0 aliphatic heterocycles. The lowest BCUT2D eigenvalue weighted by Crippen LogP contribution is -2.26. The van der Waals surface area contributed by atoms with E-state index in [0.717, 1.165) is 42.0 Å². The highest BCUT2D eigenvalue weighted by Crippen LogP contribution is 2.44. The Morgan fingerprint density at radius 1 is 1.33 bits per heavy atom. The van der Waals surface area contributed by atoms with Gasteiger partial charge < -0.3 is 14.6 Å². The number of aromatic nitrogens is 3. The zero-order chi connectivity index (χ0) is 25.9. The predicted molar refractivity (Wildman–Crippen MR) is 145 cm³/mol. The number of hydrogen-bond donors (Lipinski definition) is 1. The molecular weight excluding hydrogens is 490 g/mol. The van der Waals surface area contributed by atoms with Crippen LogP contribution >= 0.6 is 23.1 Å². The summed E-state index contributed by atoms with van der Waals surface area (Å²) < 4.78 is 7.90. The van der Waals surface area contributed by atoms with Crippen molar-refractivity contribution < 1.29 is 9.53 Å². The molecule has 190 valence electrons. The van der Waals surface area contributed by atoms with Gasteiger partial charge in [0.25, 0.3) is 0 Å². The Bertz CT molecular complexity index is 1280. The molecule has 0 radical (unpaired) electrons. The van der Waals surface area contributed by atoms with Crippen LogP contribution in [0, 0.1) is 29.6 Å². The van der Waals surface area contributed by atoms with Crippen molar-refractivity contribution >= 4 is 34.0 Å². The fraction of sp³-hybridized carbons (Fsp3) is 0.481. The van der Waals surface area contributed by atoms with E-state index < -0.39 is 0 Å². The van der Waals surface area contributed by atoms with Gasteiger partial charge in [0.15, 0.2) is 11.0 Å². The predicted octanol–water partition coefficient (Wildman–Crippen LogP) is 6.00. The number of thiophene rings is 1. The van der Waals surface area contributed by atoms with Gasteiger partial charge in [-0.3, -0.25) is 4.79 Å². The summed E-state index contributed by atoms with van der Waals surface area (Å²) in [6.45, 7) is 11.8. The van der Waals surface area contributed by atoms with Gasteiger partial charge in [0, 0.05) is 11.4 Å². The zero-order valence-electron chi connectivity index (χ0n) is 21.6. The van der Waals surface area contributed by atoms with E-state index in [1.54, 1.807) is 11.3 Å². The first kappa shape index (κ1) is 26.2. The summed E-state index contributed by atoms with van der Waals surface area (Å²) >= 11 is 2.90. The zero-order valence-corrected chi connectivity index (χ0v) is 23.2. The third-order valence-electron chi connectivity index (χ3n) is 6.75. The number of fused-ring (bicyclic) bond motifs is 1. The summed E-state index contributed by atoms with van der Waals surface area (Å²) in [6.07, 6.45) is 2.94. The Morgan fingerprint density at radius 3 is 2.81 bits per heavy atom. The topological polar surface area (TPSA) is 92.8 Å². The molecule has 1 unspecified atom stereocenters. The maximum Gasteiger partial charge on any atom is 0.235 e. The van der Waals surface area contributed by atoms with Crippen LogP contribution in [0.25, 0.3) is 0 Å². The number of benzene rings is 1. The minimum atomic E-state index is -0.147. The molecule has 1 N–H and O–H groups in total. The van der Waals surface area contributed by atoms with Crippen LogP contribution in [0.3, 0.4) is 0 Å². The van der Waals surface area contributed by atoms with Crippen molar-refractivity contribution in [1.82, 2.24) is 14.8 Å². The second-order valence-electron chi connectivity index (χ2n) is 10.2. The number of para-hydroxylation sites is 1. The van der Waals surface area contributed by atoms with E-state index in [1.807, 2.05) is 42.7 Å². The van der Waals surface area contributed by atoms with Crippen LogP contribution in [0.5, 0.6) is 5.75 Å². The number of aryl methyl sites for hydroxylation is 1. The molecule has 0 saturated carbocycles. The highest BCUT2D eigenvalue weighted by molar-refractivity contribution is 7.99. The second-order valence-corrected chi connectivity index (χ2v) is 12.2. The van der Waals surface area contributed by atoms with Crippen LogP contribution in [-0.4, -0.2) is 26.4 Å². The molecular formula is C27H33N5O2S2. The average Bonchev–Trinajstić information content (AvgIpc) is 3.40. The quantitative estimate of drug-likeness (QED) is 0.364. The van der Waals surface area contributed by atoms with E-state index >= 15 is 0 Å². The summed E-state index contributed by atoms with van der Waals surface area (Å²) in [5.74, 6) is 2.16. The summed E-state index contributed by atoms with van der Waals surface area (Å²) in [5, 5.41) is 22.7. The lowest BCUT2D eigenvalue weighted by Gasteiger charge is -2.33. The van der Waals surface area contributed by atoms with Crippen LogP contribution in [0.2, 0.25) is 0 Å². The average molecular weight is 524 g/mol. The first-order valence-electron chi connectivity index (χ1n) is 12.3. The SMILES string of the molecule is CCn1c(COc2ccccc2C)nnc1SCC(=O)Nc1sc2c(c1C#N)CCC(C(C)(C)C)C2. The standard InChI is InChI=1S/C27H33N5O2S2/c1-6-32-23(15-34-21-10-8-7-9-17(21)2)30-31-26(32)35-16-24(33)29-25-20(14-28)19-12-11-18(27(3,4)5)13-22(19)36-25/h7-10,18H,6,11-13,15-16H2,1-5H3,(H,29,33). The summed E-state index contributed by atoms with van der Waals surface area (Å²) in [7, 11) is 0. The molecule has 0 fully saturated rings. The van der Waals surface area contributed by atoms with E-state index in [2.05, 4.69) is 42.4 Å². The molecule has 1 aliphatic rings. The van der Waals surface area contributed by atoms with Crippen molar-refractivity contribution in [2.45, 2.75) is 72.2 Å². The molecule has 36 heavy (non-hydrogen) atoms. The number of thioether (sulfide) groups is 1. The number of nitrogens with one attached hydrogen (secondary N) is 1. The largest absolute Gasteiger partial charge is 0.485 e. The Kier molecular flexibility index (Phi) is 8.06. The molecule has 9 heteroatoms. The monoisotopic (exact) mass is 523 g/mol. The van der Waals surface area contributed by atoms with Crippen molar-refractivity contribution in [2.75, 3.05) is 11.1 Å². The molecule has 0 spiro atoms. The lowest BCUT2D eigenvalue weighted by molar-refractivity contribution is -0.113. The first-order chi connectivity index (χ1) is 17.2. The van der Waals surface area contributed by atoms with Gasteiger partial charge in [-0.15, -0.1) is 21.5 Å². The molecule has 1 amide bonds. The second kappa shape index (κ2) is 11.1. The van der Waals surface area contributed by atoms with E-state index in [1.165, 1.54) is 16.6 Å². The molecule has 2 aromatic heterocycles. The summed E-state index contributed by atoms with van der Waals surface area (Å²) in [6, 6.07) is 10.2. The Balaban J connectivity index is 1.39. The van der Waals surface area contributed by atoms with Crippen LogP contribution in [0.1, 0.15) is 61.5 Å². The van der Waals surface area contributed by atoms with E-state index in [4.69, 9.17) is 4.74 Å². The van der Waals surface area contributed by atoms with Crippen LogP contribution in [0.4, 0.5) is 5.00 Å². The number of ether oxygens (including phenoxy) is 1. The number of nitriles is 1. The molecule has 4 rings (SSSR count). The van der Waals surface area contributed by atoms with E-state index in [0.29, 0.717) is 34.8 Å². The van der Waals surface area contributed by atoms with Gasteiger partial charge in [0.2, 0.25) is 5.91 Å². The lowest BCUT2D eigenvalue weighted by atomic mass is 9.72. The normalized spacial score (nSPS) is 15.3. The molecule has 2 heterocycles. The Labute approximate surface area is 221 Å². The number of amides is 1. The highest BCUT2D eigenvalue weighted by Gasteiger charge is 2.32. The molecule has 1 atom stereocenters. The van der Waals surface area contributed by atoms with Gasteiger partial charge in [0.1, 0.15) is 23.4 Å². The number of nitrogens with zero attached hydrogens (tertiary/aromatic N) is 4. The molecule has 7 nitrogen and oxygen atoms in total. The third kappa shape index (κ3) is 5.76. The van der Waals surface area contributed by atoms with Gasteiger partial charge in [-0.05, 0) is 61.6 Å². The van der Waals surface area contributed by atoms with Gasteiger partial charge in [0.05, 0.1) is 11.3 Å². The van der Waals surface area contributed by atoms with Crippen molar-refractivity contribution in [2.24, 2.45) is 11.3 Å². The number of rotatable bonds is 8. The van der Waals surface area contributed by atoms with Crippen LogP contribution in [0.15, 0.2) is 29.4 Å². The number of carbonyl (C=O) groups is 1. The van der Waals surface area contributed by atoms with Gasteiger partial charge in [-0.25, -0.2) is 0 Å². The van der Waals surface area contributed by atoms with Gasteiger partial charge in [-0.2, -0.15) is 5.26 Å². The van der Waals surface area contributed by atoms with E-state index in [9.17, 15) is 10.1 Å². The fourth-order valence-corrected chi connectivity index (χ4v) is 6.65. The van der Waals surface area contributed by atoms with Gasteiger partial charge >= 0.3 is 0 Å². The minimum absolute atomic E-state index is 0.147. The molecule has 1 aromatic carbocycles. The van der Waals surface area contributed by atoms with Crippen LogP contribution < -0.4 is 10.1 Å². The van der Waals surface area contributed by atoms with Crippen molar-refractivity contribution in [3.63, 3.8) is 0 Å². The summed E-state index contributed by atoms with van der Waals surface area (Å²) in [5.41, 5.74) is 3.04. The molecule has 3 aromatic rings. The third-order valence-corrected chi connectivity index (χ3v) is 8.88. The van der Waals surface area contributed by atoms with E-state index in [-0.39, 0.29) is 17.1 Å². The number of carbonyl (C=O) groups excluding carboxylic acids is 1. The number of anilines is 1. The van der Waals surface area contributed by atoms with Crippen molar-refractivity contribution in [1.29, 1.82) is 5.26 Å². The molecule has 1 aliphatic carbocycles. The maximum absolute atomic E-state index is 12.8. The van der Waals surface area contributed by atoms with Crippen molar-refractivity contribution in [3.8, 4) is 11.8 Å². The Hall–Kier alpha value is -2.83. The summed E-state index contributed by atoms with van der Waals surface area (Å²) in [4.78, 5) is 14.1. The number of hydrogen-bond acceptors (Lipinski definition) is 7. The first-order valence-corrected chi connectivity index (χ1v) is 14.1. The fourth-order valence-electron chi connectivity index (χ4n) is 4.54. The molecule has 0 saturated heterocycles. The van der Waals surface area contributed by atoms with Crippen LogP contribution in [-0.2, 0) is 30.8 Å². The smallest absolute Gasteiger partial charge is 0.235 e. The highest BCUT2D eigenvalue weighted by atomic mass is 32.2.